The molecule has 1 aromatic rings. The Balaban J connectivity index is 2.20. The lowest BCUT2D eigenvalue weighted by Gasteiger charge is -2.37. The number of benzene rings is 1. The summed E-state index contributed by atoms with van der Waals surface area (Å²) in [6, 6.07) is 5.44. The van der Waals surface area contributed by atoms with Gasteiger partial charge in [0.25, 0.3) is 0 Å². The first-order valence-corrected chi connectivity index (χ1v) is 7.03. The van der Waals surface area contributed by atoms with Crippen LogP contribution in [0.15, 0.2) is 18.2 Å². The van der Waals surface area contributed by atoms with E-state index in [4.69, 9.17) is 4.74 Å². The van der Waals surface area contributed by atoms with Gasteiger partial charge in [-0.3, -0.25) is 0 Å². The van der Waals surface area contributed by atoms with E-state index in [-0.39, 0.29) is 30.7 Å². The molecule has 0 aromatic heterocycles. The zero-order valence-electron chi connectivity index (χ0n) is 12.3. The van der Waals surface area contributed by atoms with Gasteiger partial charge in [0, 0.05) is 19.1 Å². The van der Waals surface area contributed by atoms with E-state index in [0.29, 0.717) is 18.8 Å². The van der Waals surface area contributed by atoms with Crippen molar-refractivity contribution < 1.29 is 14.2 Å². The molecule has 3 atom stereocenters. The largest absolute Gasteiger partial charge is 0.394 e. The molecule has 4 nitrogen and oxygen atoms in total. The molecule has 0 saturated carbocycles. The predicted octanol–water partition coefficient (Wildman–Crippen LogP) is 1.69. The third-order valence-corrected chi connectivity index (χ3v) is 3.78. The number of aliphatic hydroxyl groups is 1. The maximum absolute atomic E-state index is 14.3. The first-order valence-electron chi connectivity index (χ1n) is 7.03. The molecule has 2 N–H and O–H groups in total. The molecule has 2 rings (SSSR count). The van der Waals surface area contributed by atoms with E-state index in [1.165, 1.54) is 0 Å². The van der Waals surface area contributed by atoms with Gasteiger partial charge in [0.05, 0.1) is 24.5 Å². The Bertz CT molecular complexity index is 455. The van der Waals surface area contributed by atoms with Gasteiger partial charge in [0.1, 0.15) is 5.82 Å². The van der Waals surface area contributed by atoms with E-state index in [1.54, 1.807) is 6.07 Å². The number of morpholine rings is 1. The molecular formula is C15H23FN2O2. The first kappa shape index (κ1) is 15.2. The summed E-state index contributed by atoms with van der Waals surface area (Å²) in [5.74, 6) is -0.226. The van der Waals surface area contributed by atoms with Gasteiger partial charge >= 0.3 is 0 Å². The van der Waals surface area contributed by atoms with Crippen LogP contribution in [0.3, 0.4) is 0 Å². The van der Waals surface area contributed by atoms with Crippen molar-refractivity contribution in [2.45, 2.75) is 32.1 Å². The van der Waals surface area contributed by atoms with Crippen molar-refractivity contribution in [1.29, 1.82) is 0 Å². The zero-order chi connectivity index (χ0) is 14.7. The maximum atomic E-state index is 14.3. The second-order valence-corrected chi connectivity index (χ2v) is 5.38. The van der Waals surface area contributed by atoms with Crippen molar-refractivity contribution in [3.05, 3.63) is 29.6 Å². The summed E-state index contributed by atoms with van der Waals surface area (Å²) in [5, 5.41) is 12.3. The van der Waals surface area contributed by atoms with Gasteiger partial charge in [0.15, 0.2) is 0 Å². The molecule has 3 unspecified atom stereocenters. The summed E-state index contributed by atoms with van der Waals surface area (Å²) < 4.78 is 19.9. The minimum Gasteiger partial charge on any atom is -0.394 e. The van der Waals surface area contributed by atoms with Crippen LogP contribution in [0, 0.1) is 5.82 Å². The number of nitrogens with one attached hydrogen (secondary N) is 1. The van der Waals surface area contributed by atoms with E-state index in [1.807, 2.05) is 37.9 Å². The molecule has 1 aliphatic rings. The molecule has 0 spiro atoms. The number of anilines is 1. The third-order valence-electron chi connectivity index (χ3n) is 3.78. The molecule has 1 aliphatic heterocycles. The van der Waals surface area contributed by atoms with Gasteiger partial charge in [-0.2, -0.15) is 0 Å². The Labute approximate surface area is 119 Å². The standard InChI is InChI=1S/C15H23FN2O2/c1-10-7-18(8-13(9-19)20-10)15-5-4-12(6-14(15)16)11(2)17-3/h4-6,10-11,13,17,19H,7-9H2,1-3H3. The number of halogens is 1. The van der Waals surface area contributed by atoms with Crippen LogP contribution in [0.5, 0.6) is 0 Å². The van der Waals surface area contributed by atoms with Gasteiger partial charge in [-0.25, -0.2) is 4.39 Å². The Morgan fingerprint density at radius 1 is 1.50 bits per heavy atom. The lowest BCUT2D eigenvalue weighted by atomic mass is 10.1. The summed E-state index contributed by atoms with van der Waals surface area (Å²) in [6.45, 7) is 5.03. The molecule has 112 valence electrons. The topological polar surface area (TPSA) is 44.7 Å². The number of ether oxygens (including phenoxy) is 1. The van der Waals surface area contributed by atoms with Crippen LogP contribution in [0.4, 0.5) is 10.1 Å². The lowest BCUT2D eigenvalue weighted by molar-refractivity contribution is -0.0422. The van der Waals surface area contributed by atoms with Crippen LogP contribution >= 0.6 is 0 Å². The van der Waals surface area contributed by atoms with Gasteiger partial charge in [0.2, 0.25) is 0 Å². The second-order valence-electron chi connectivity index (χ2n) is 5.38. The maximum Gasteiger partial charge on any atom is 0.146 e. The molecule has 0 aliphatic carbocycles. The van der Waals surface area contributed by atoms with Gasteiger partial charge < -0.3 is 20.1 Å². The van der Waals surface area contributed by atoms with Crippen LogP contribution in [0.2, 0.25) is 0 Å². The van der Waals surface area contributed by atoms with Crippen LogP contribution < -0.4 is 10.2 Å². The van der Waals surface area contributed by atoms with Crippen LogP contribution in [-0.4, -0.2) is 44.1 Å². The van der Waals surface area contributed by atoms with Crippen LogP contribution in [-0.2, 0) is 4.74 Å². The van der Waals surface area contributed by atoms with Crippen molar-refractivity contribution in [2.75, 3.05) is 31.6 Å². The van der Waals surface area contributed by atoms with E-state index < -0.39 is 0 Å². The average Bonchev–Trinajstić information content (AvgIpc) is 2.45. The van der Waals surface area contributed by atoms with E-state index >= 15 is 0 Å². The fraction of sp³-hybridized carbons (Fsp3) is 0.600. The number of rotatable bonds is 4. The van der Waals surface area contributed by atoms with Crippen molar-refractivity contribution in [3.8, 4) is 0 Å². The average molecular weight is 282 g/mol. The van der Waals surface area contributed by atoms with Crippen molar-refractivity contribution in [2.24, 2.45) is 0 Å². The lowest BCUT2D eigenvalue weighted by Crippen LogP contribution is -2.48. The summed E-state index contributed by atoms with van der Waals surface area (Å²) in [4.78, 5) is 1.94. The van der Waals surface area contributed by atoms with Crippen molar-refractivity contribution in [1.82, 2.24) is 5.32 Å². The molecule has 0 amide bonds. The van der Waals surface area contributed by atoms with E-state index in [2.05, 4.69) is 5.32 Å². The quantitative estimate of drug-likeness (QED) is 0.882. The monoisotopic (exact) mass is 282 g/mol. The van der Waals surface area contributed by atoms with Gasteiger partial charge in [-0.15, -0.1) is 0 Å². The highest BCUT2D eigenvalue weighted by Gasteiger charge is 2.26. The SMILES string of the molecule is CNC(C)c1ccc(N2CC(C)OC(CO)C2)c(F)c1. The first-order chi connectivity index (χ1) is 9.55. The van der Waals surface area contributed by atoms with Crippen molar-refractivity contribution in [3.63, 3.8) is 0 Å². The van der Waals surface area contributed by atoms with E-state index in [9.17, 15) is 9.50 Å². The van der Waals surface area contributed by atoms with Gasteiger partial charge in [-0.05, 0) is 38.6 Å². The highest BCUT2D eigenvalue weighted by atomic mass is 19.1. The fourth-order valence-corrected chi connectivity index (χ4v) is 2.56. The Morgan fingerprint density at radius 3 is 2.85 bits per heavy atom. The molecule has 0 bridgehead atoms. The minimum absolute atomic E-state index is 0.0174. The zero-order valence-corrected chi connectivity index (χ0v) is 12.3. The van der Waals surface area contributed by atoms with Crippen molar-refractivity contribution >= 4 is 5.69 Å². The fourth-order valence-electron chi connectivity index (χ4n) is 2.56. The molecule has 1 heterocycles. The third kappa shape index (κ3) is 3.29. The summed E-state index contributed by atoms with van der Waals surface area (Å²) in [5.41, 5.74) is 1.50. The van der Waals surface area contributed by atoms with Gasteiger partial charge in [-0.1, -0.05) is 6.07 Å². The van der Waals surface area contributed by atoms with Crippen LogP contribution in [0.1, 0.15) is 25.5 Å². The summed E-state index contributed by atoms with van der Waals surface area (Å²) in [6.07, 6.45) is -0.273. The highest BCUT2D eigenvalue weighted by Crippen LogP contribution is 2.26. The molecule has 5 heteroatoms. The Morgan fingerprint density at radius 2 is 2.25 bits per heavy atom. The van der Waals surface area contributed by atoms with E-state index in [0.717, 1.165) is 5.56 Å². The number of hydrogen-bond acceptors (Lipinski definition) is 4. The smallest absolute Gasteiger partial charge is 0.146 e. The number of nitrogens with zero attached hydrogens (tertiary/aromatic N) is 1. The Kier molecular flexibility index (Phi) is 4.96. The molecule has 1 saturated heterocycles. The number of aliphatic hydroxyl groups excluding tert-OH is 1. The molecule has 0 radical (unpaired) electrons. The molecule has 1 aromatic carbocycles. The highest BCUT2D eigenvalue weighted by molar-refractivity contribution is 5.50. The molecule has 1 fully saturated rings. The Hall–Kier alpha value is -1.17. The number of hydrogen-bond donors (Lipinski definition) is 2. The second kappa shape index (κ2) is 6.52. The minimum atomic E-state index is -0.256. The summed E-state index contributed by atoms with van der Waals surface area (Å²) in [7, 11) is 1.85. The summed E-state index contributed by atoms with van der Waals surface area (Å²) >= 11 is 0. The predicted molar refractivity (Wildman–Crippen MR) is 77.5 cm³/mol. The normalized spacial score (nSPS) is 24.8. The molecular weight excluding hydrogens is 259 g/mol. The molecule has 20 heavy (non-hydrogen) atoms. The van der Waals surface area contributed by atoms with Crippen LogP contribution in [0.25, 0.3) is 0 Å².